The summed E-state index contributed by atoms with van der Waals surface area (Å²) in [4.78, 5) is 40.0. The lowest BCUT2D eigenvalue weighted by Gasteiger charge is -2.34. The Labute approximate surface area is 186 Å². The Morgan fingerprint density at radius 2 is 1.61 bits per heavy atom. The van der Waals surface area contributed by atoms with E-state index < -0.39 is 0 Å². The number of carbonyl (C=O) groups is 3. The van der Waals surface area contributed by atoms with Gasteiger partial charge in [-0.3, -0.25) is 14.4 Å². The molecule has 164 valence electrons. The summed E-state index contributed by atoms with van der Waals surface area (Å²) in [5, 5.41) is 3.37. The fraction of sp³-hybridized carbons (Fsp3) is 0.348. The minimum absolute atomic E-state index is 0.0623. The van der Waals surface area contributed by atoms with E-state index in [4.69, 9.17) is 16.3 Å². The molecule has 0 atom stereocenters. The van der Waals surface area contributed by atoms with E-state index in [1.807, 2.05) is 26.0 Å². The van der Waals surface area contributed by atoms with Gasteiger partial charge in [0.2, 0.25) is 5.91 Å². The topological polar surface area (TPSA) is 79.0 Å². The van der Waals surface area contributed by atoms with Crippen molar-refractivity contribution in [3.8, 4) is 5.75 Å². The van der Waals surface area contributed by atoms with Gasteiger partial charge in [-0.1, -0.05) is 17.7 Å². The molecule has 0 aromatic heterocycles. The maximum atomic E-state index is 12.8. The van der Waals surface area contributed by atoms with Crippen molar-refractivity contribution in [2.45, 2.75) is 20.8 Å². The quantitative estimate of drug-likeness (QED) is 0.769. The molecule has 1 fully saturated rings. The number of nitrogens with zero attached hydrogens (tertiary/aromatic N) is 2. The van der Waals surface area contributed by atoms with E-state index in [0.717, 1.165) is 11.1 Å². The lowest BCUT2D eigenvalue weighted by molar-refractivity contribution is -0.134. The molecule has 3 amide bonds. The number of hydrogen-bond donors (Lipinski definition) is 1. The highest BCUT2D eigenvalue weighted by atomic mass is 35.5. The SMILES string of the molecule is CC(=O)Nc1cccc(C(=O)N2CCN(C(=O)COc3cc(C)c(Cl)c(C)c3)CC2)c1. The predicted molar refractivity (Wildman–Crippen MR) is 120 cm³/mol. The van der Waals surface area contributed by atoms with Gasteiger partial charge >= 0.3 is 0 Å². The molecule has 0 saturated carbocycles. The van der Waals surface area contributed by atoms with Gasteiger partial charge in [0.1, 0.15) is 5.75 Å². The van der Waals surface area contributed by atoms with E-state index in [0.29, 0.717) is 48.2 Å². The Bertz CT molecular complexity index is 977. The largest absolute Gasteiger partial charge is 0.484 e. The van der Waals surface area contributed by atoms with Gasteiger partial charge in [-0.2, -0.15) is 0 Å². The summed E-state index contributed by atoms with van der Waals surface area (Å²) in [6, 6.07) is 10.5. The molecular formula is C23H26ClN3O4. The monoisotopic (exact) mass is 443 g/mol. The van der Waals surface area contributed by atoms with Crippen LogP contribution in [0.2, 0.25) is 5.02 Å². The van der Waals surface area contributed by atoms with Gasteiger partial charge in [0.05, 0.1) is 0 Å². The number of carbonyl (C=O) groups excluding carboxylic acids is 3. The van der Waals surface area contributed by atoms with Crippen LogP contribution in [-0.4, -0.2) is 60.3 Å². The first kappa shape index (κ1) is 22.6. The number of amides is 3. The Balaban J connectivity index is 1.52. The van der Waals surface area contributed by atoms with Crippen LogP contribution < -0.4 is 10.1 Å². The third kappa shape index (κ3) is 5.76. The summed E-state index contributed by atoms with van der Waals surface area (Å²) in [5.41, 5.74) is 2.89. The number of piperazine rings is 1. The number of rotatable bonds is 5. The molecule has 7 nitrogen and oxygen atoms in total. The van der Waals surface area contributed by atoms with Crippen LogP contribution in [0.15, 0.2) is 36.4 Å². The van der Waals surface area contributed by atoms with Gasteiger partial charge < -0.3 is 19.9 Å². The van der Waals surface area contributed by atoms with Gasteiger partial charge in [-0.05, 0) is 55.3 Å². The standard InChI is InChI=1S/C23H26ClN3O4/c1-15-11-20(12-16(2)22(15)24)31-14-21(29)26-7-9-27(10-8-26)23(30)18-5-4-6-19(13-18)25-17(3)28/h4-6,11-13H,7-10,14H2,1-3H3,(H,25,28). The Morgan fingerprint density at radius 1 is 1.00 bits per heavy atom. The van der Waals surface area contributed by atoms with Crippen LogP contribution in [0.4, 0.5) is 5.69 Å². The minimum Gasteiger partial charge on any atom is -0.484 e. The Kier molecular flexibility index (Phi) is 7.17. The molecule has 1 N–H and O–H groups in total. The highest BCUT2D eigenvalue weighted by Crippen LogP contribution is 2.26. The first-order chi connectivity index (χ1) is 14.7. The maximum Gasteiger partial charge on any atom is 0.260 e. The third-order valence-corrected chi connectivity index (χ3v) is 5.72. The molecule has 1 heterocycles. The van der Waals surface area contributed by atoms with Crippen molar-refractivity contribution in [2.24, 2.45) is 0 Å². The first-order valence-corrected chi connectivity index (χ1v) is 10.5. The number of aryl methyl sites for hydroxylation is 2. The van der Waals surface area contributed by atoms with Crippen LogP contribution >= 0.6 is 11.6 Å². The van der Waals surface area contributed by atoms with Crippen molar-refractivity contribution in [3.05, 3.63) is 58.1 Å². The smallest absolute Gasteiger partial charge is 0.260 e. The number of ether oxygens (including phenoxy) is 1. The fourth-order valence-corrected chi connectivity index (χ4v) is 3.61. The summed E-state index contributed by atoms with van der Waals surface area (Å²) in [6.07, 6.45) is 0. The van der Waals surface area contributed by atoms with Crippen LogP contribution in [0, 0.1) is 13.8 Å². The zero-order chi connectivity index (χ0) is 22.5. The highest BCUT2D eigenvalue weighted by Gasteiger charge is 2.25. The van der Waals surface area contributed by atoms with E-state index >= 15 is 0 Å². The van der Waals surface area contributed by atoms with E-state index in [9.17, 15) is 14.4 Å². The Morgan fingerprint density at radius 3 is 2.23 bits per heavy atom. The van der Waals surface area contributed by atoms with Crippen molar-refractivity contribution in [1.82, 2.24) is 9.80 Å². The van der Waals surface area contributed by atoms with Crippen molar-refractivity contribution in [1.29, 1.82) is 0 Å². The second-order valence-corrected chi connectivity index (χ2v) is 7.97. The number of benzene rings is 2. The average molecular weight is 444 g/mol. The van der Waals surface area contributed by atoms with Crippen molar-refractivity contribution in [2.75, 3.05) is 38.1 Å². The summed E-state index contributed by atoms with van der Waals surface area (Å²) < 4.78 is 5.66. The Hall–Kier alpha value is -3.06. The van der Waals surface area contributed by atoms with Crippen molar-refractivity contribution < 1.29 is 19.1 Å². The first-order valence-electron chi connectivity index (χ1n) is 10.1. The summed E-state index contributed by atoms with van der Waals surface area (Å²) in [5.74, 6) is 0.177. The average Bonchev–Trinajstić information content (AvgIpc) is 2.75. The second-order valence-electron chi connectivity index (χ2n) is 7.59. The predicted octanol–water partition coefficient (Wildman–Crippen LogP) is 3.28. The molecule has 1 aliphatic rings. The van der Waals surface area contributed by atoms with E-state index in [2.05, 4.69) is 5.32 Å². The van der Waals surface area contributed by atoms with Crippen LogP contribution in [0.3, 0.4) is 0 Å². The third-order valence-electron chi connectivity index (χ3n) is 5.12. The molecule has 8 heteroatoms. The molecule has 1 saturated heterocycles. The molecule has 2 aromatic rings. The molecule has 1 aliphatic heterocycles. The summed E-state index contributed by atoms with van der Waals surface area (Å²) in [7, 11) is 0. The molecule has 0 bridgehead atoms. The zero-order valence-corrected chi connectivity index (χ0v) is 18.7. The fourth-order valence-electron chi connectivity index (χ4n) is 3.50. The number of halogens is 1. The van der Waals surface area contributed by atoms with Gasteiger partial charge in [0, 0.05) is 49.4 Å². The summed E-state index contributed by atoms with van der Waals surface area (Å²) in [6.45, 7) is 6.91. The highest BCUT2D eigenvalue weighted by molar-refractivity contribution is 6.32. The molecule has 0 unspecified atom stereocenters. The molecule has 31 heavy (non-hydrogen) atoms. The maximum absolute atomic E-state index is 12.8. The van der Waals surface area contributed by atoms with E-state index in [1.54, 1.807) is 34.1 Å². The number of hydrogen-bond acceptors (Lipinski definition) is 4. The lowest BCUT2D eigenvalue weighted by Crippen LogP contribution is -2.51. The van der Waals surface area contributed by atoms with E-state index in [1.165, 1.54) is 6.92 Å². The minimum atomic E-state index is -0.192. The zero-order valence-electron chi connectivity index (χ0n) is 17.9. The van der Waals surface area contributed by atoms with Crippen LogP contribution in [-0.2, 0) is 9.59 Å². The van der Waals surface area contributed by atoms with E-state index in [-0.39, 0.29) is 24.3 Å². The van der Waals surface area contributed by atoms with Crippen molar-refractivity contribution in [3.63, 3.8) is 0 Å². The molecule has 2 aromatic carbocycles. The number of nitrogens with one attached hydrogen (secondary N) is 1. The molecule has 0 aliphatic carbocycles. The lowest BCUT2D eigenvalue weighted by atomic mass is 10.1. The van der Waals surface area contributed by atoms with Gasteiger partial charge in [-0.25, -0.2) is 0 Å². The molecule has 0 radical (unpaired) electrons. The van der Waals surface area contributed by atoms with Crippen LogP contribution in [0.1, 0.15) is 28.4 Å². The van der Waals surface area contributed by atoms with Crippen LogP contribution in [0.25, 0.3) is 0 Å². The van der Waals surface area contributed by atoms with Crippen molar-refractivity contribution >= 4 is 35.0 Å². The van der Waals surface area contributed by atoms with Gasteiger partial charge in [-0.15, -0.1) is 0 Å². The summed E-state index contributed by atoms with van der Waals surface area (Å²) >= 11 is 6.17. The van der Waals surface area contributed by atoms with Gasteiger partial charge in [0.15, 0.2) is 6.61 Å². The molecule has 0 spiro atoms. The normalized spacial score (nSPS) is 13.7. The second kappa shape index (κ2) is 9.83. The molecular weight excluding hydrogens is 418 g/mol. The number of anilines is 1. The molecule has 3 rings (SSSR count). The van der Waals surface area contributed by atoms with Crippen LogP contribution in [0.5, 0.6) is 5.75 Å². The van der Waals surface area contributed by atoms with Gasteiger partial charge in [0.25, 0.3) is 11.8 Å².